The van der Waals surface area contributed by atoms with Crippen molar-refractivity contribution in [2.24, 2.45) is 4.99 Å². The molecule has 1 aliphatic rings. The van der Waals surface area contributed by atoms with Crippen LogP contribution in [-0.2, 0) is 4.79 Å². The van der Waals surface area contributed by atoms with Crippen molar-refractivity contribution < 1.29 is 19.4 Å². The molecule has 1 saturated heterocycles. The number of nitrogens with one attached hydrogen (secondary N) is 1. The minimum Gasteiger partial charge on any atom is -0.506 e. The van der Waals surface area contributed by atoms with E-state index in [9.17, 15) is 9.90 Å². The molecule has 0 atom stereocenters. The molecule has 0 unspecified atom stereocenters. The number of methoxy groups -OCH3 is 1. The molecule has 0 saturated carbocycles. The molecule has 140 valence electrons. The number of aliphatic imine (C=N–C) groups is 1. The lowest BCUT2D eigenvalue weighted by Gasteiger charge is -2.09. The van der Waals surface area contributed by atoms with Gasteiger partial charge in [0.2, 0.25) is 0 Å². The molecular formula is C20H20N2O4S. The van der Waals surface area contributed by atoms with E-state index < -0.39 is 0 Å². The van der Waals surface area contributed by atoms with E-state index in [0.29, 0.717) is 33.9 Å². The van der Waals surface area contributed by atoms with E-state index in [4.69, 9.17) is 9.47 Å². The summed E-state index contributed by atoms with van der Waals surface area (Å²) in [6.45, 7) is 4.33. The number of amides is 1. The summed E-state index contributed by atoms with van der Waals surface area (Å²) in [7, 11) is 1.57. The van der Waals surface area contributed by atoms with Gasteiger partial charge in [0.25, 0.3) is 5.91 Å². The Kier molecular flexibility index (Phi) is 5.71. The van der Waals surface area contributed by atoms with Crippen molar-refractivity contribution in [2.75, 3.05) is 13.7 Å². The highest BCUT2D eigenvalue weighted by Gasteiger charge is 2.24. The molecular weight excluding hydrogens is 364 g/mol. The van der Waals surface area contributed by atoms with E-state index in [2.05, 4.69) is 10.3 Å². The third-order valence-electron chi connectivity index (χ3n) is 3.79. The Bertz CT molecular complexity index is 938. The number of aryl methyl sites for hydroxylation is 1. The van der Waals surface area contributed by atoms with Gasteiger partial charge in [0.1, 0.15) is 11.4 Å². The van der Waals surface area contributed by atoms with Gasteiger partial charge in [0, 0.05) is 0 Å². The fourth-order valence-electron chi connectivity index (χ4n) is 2.52. The van der Waals surface area contributed by atoms with Crippen molar-refractivity contribution in [3.8, 4) is 17.2 Å². The normalized spacial score (nSPS) is 16.6. The topological polar surface area (TPSA) is 80.2 Å². The predicted octanol–water partition coefficient (Wildman–Crippen LogP) is 4.00. The third kappa shape index (κ3) is 4.43. The van der Waals surface area contributed by atoms with Crippen LogP contribution < -0.4 is 14.8 Å². The van der Waals surface area contributed by atoms with E-state index in [1.165, 1.54) is 11.8 Å². The monoisotopic (exact) mass is 384 g/mol. The van der Waals surface area contributed by atoms with Gasteiger partial charge in [0.05, 0.1) is 18.6 Å². The molecule has 1 fully saturated rings. The van der Waals surface area contributed by atoms with Gasteiger partial charge in [-0.2, -0.15) is 0 Å². The molecule has 0 spiro atoms. The number of benzene rings is 2. The van der Waals surface area contributed by atoms with Crippen LogP contribution in [-0.4, -0.2) is 29.9 Å². The Morgan fingerprint density at radius 3 is 2.74 bits per heavy atom. The van der Waals surface area contributed by atoms with Crippen molar-refractivity contribution >= 4 is 34.6 Å². The Hall–Kier alpha value is -2.93. The molecule has 6 nitrogen and oxygen atoms in total. The van der Waals surface area contributed by atoms with Crippen LogP contribution >= 0.6 is 11.8 Å². The molecule has 3 rings (SSSR count). The number of hydrogen-bond donors (Lipinski definition) is 2. The smallest absolute Gasteiger partial charge is 0.264 e. The summed E-state index contributed by atoms with van der Waals surface area (Å²) in [5.41, 5.74) is 2.16. The maximum atomic E-state index is 12.2. The Morgan fingerprint density at radius 1 is 1.22 bits per heavy atom. The first-order chi connectivity index (χ1) is 13.0. The average molecular weight is 384 g/mol. The first-order valence-electron chi connectivity index (χ1n) is 8.40. The van der Waals surface area contributed by atoms with E-state index in [-0.39, 0.29) is 11.7 Å². The number of hydrogen-bond acceptors (Lipinski definition) is 6. The Labute approximate surface area is 161 Å². The SMILES string of the molecule is CCOc1ccc(/C=C2\SC(=Nc3ccc(C)cc3O)NC2=O)cc1OC. The quantitative estimate of drug-likeness (QED) is 0.762. The molecule has 7 heteroatoms. The van der Waals surface area contributed by atoms with Crippen LogP contribution in [0, 0.1) is 6.92 Å². The second-order valence-corrected chi connectivity index (χ2v) is 6.85. The lowest BCUT2D eigenvalue weighted by atomic mass is 10.2. The summed E-state index contributed by atoms with van der Waals surface area (Å²) in [6, 6.07) is 10.7. The molecule has 2 aromatic carbocycles. The number of amidine groups is 1. The van der Waals surface area contributed by atoms with Gasteiger partial charge in [-0.1, -0.05) is 12.1 Å². The highest BCUT2D eigenvalue weighted by atomic mass is 32.2. The molecule has 2 N–H and O–H groups in total. The molecule has 0 aliphatic carbocycles. The molecule has 1 aliphatic heterocycles. The van der Waals surface area contributed by atoms with Crippen molar-refractivity contribution in [1.29, 1.82) is 0 Å². The largest absolute Gasteiger partial charge is 0.506 e. The van der Waals surface area contributed by atoms with Crippen molar-refractivity contribution in [3.63, 3.8) is 0 Å². The standard InChI is InChI=1S/C20H20N2O4S/c1-4-26-16-8-6-13(10-17(16)25-3)11-18-19(24)22-20(27-18)21-14-7-5-12(2)9-15(14)23/h5-11,23H,4H2,1-3H3,(H,21,22,24)/b18-11-. The number of carbonyl (C=O) groups is 1. The molecule has 1 amide bonds. The van der Waals surface area contributed by atoms with E-state index in [1.807, 2.05) is 38.1 Å². The number of phenolic OH excluding ortho intramolecular Hbond substituents is 1. The van der Waals surface area contributed by atoms with Crippen molar-refractivity contribution in [2.45, 2.75) is 13.8 Å². The van der Waals surface area contributed by atoms with Gasteiger partial charge in [-0.05, 0) is 67.1 Å². The lowest BCUT2D eigenvalue weighted by molar-refractivity contribution is -0.115. The van der Waals surface area contributed by atoms with E-state index in [1.54, 1.807) is 25.3 Å². The van der Waals surface area contributed by atoms with E-state index in [0.717, 1.165) is 11.1 Å². The molecule has 2 aromatic rings. The van der Waals surface area contributed by atoms with Crippen LogP contribution in [0.1, 0.15) is 18.1 Å². The maximum absolute atomic E-state index is 12.2. The number of ether oxygens (including phenoxy) is 2. The maximum Gasteiger partial charge on any atom is 0.264 e. The van der Waals surface area contributed by atoms with Crippen LogP contribution in [0.2, 0.25) is 0 Å². The number of rotatable bonds is 5. The van der Waals surface area contributed by atoms with Crippen LogP contribution in [0.15, 0.2) is 46.3 Å². The van der Waals surface area contributed by atoms with Crippen molar-refractivity contribution in [3.05, 3.63) is 52.4 Å². The zero-order valence-electron chi connectivity index (χ0n) is 15.3. The van der Waals surface area contributed by atoms with Gasteiger partial charge in [0.15, 0.2) is 16.7 Å². The lowest BCUT2D eigenvalue weighted by Crippen LogP contribution is -2.19. The van der Waals surface area contributed by atoms with Crippen LogP contribution in [0.4, 0.5) is 5.69 Å². The zero-order chi connectivity index (χ0) is 19.4. The summed E-state index contributed by atoms with van der Waals surface area (Å²) < 4.78 is 10.8. The van der Waals surface area contributed by atoms with Gasteiger partial charge in [-0.15, -0.1) is 0 Å². The minimum atomic E-state index is -0.238. The number of thioether (sulfide) groups is 1. The van der Waals surface area contributed by atoms with Gasteiger partial charge < -0.3 is 19.9 Å². The number of phenols is 1. The third-order valence-corrected chi connectivity index (χ3v) is 4.70. The van der Waals surface area contributed by atoms with Gasteiger partial charge >= 0.3 is 0 Å². The first-order valence-corrected chi connectivity index (χ1v) is 9.22. The molecule has 1 heterocycles. The van der Waals surface area contributed by atoms with Gasteiger partial charge in [-0.25, -0.2) is 4.99 Å². The van der Waals surface area contributed by atoms with E-state index >= 15 is 0 Å². The predicted molar refractivity (Wildman–Crippen MR) is 108 cm³/mol. The second-order valence-electron chi connectivity index (χ2n) is 5.82. The average Bonchev–Trinajstić information content (AvgIpc) is 2.98. The van der Waals surface area contributed by atoms with Crippen LogP contribution in [0.5, 0.6) is 17.2 Å². The Morgan fingerprint density at radius 2 is 2.04 bits per heavy atom. The molecule has 0 radical (unpaired) electrons. The summed E-state index contributed by atoms with van der Waals surface area (Å²) in [6.07, 6.45) is 1.76. The zero-order valence-corrected chi connectivity index (χ0v) is 16.1. The van der Waals surface area contributed by atoms with Crippen LogP contribution in [0.25, 0.3) is 6.08 Å². The highest BCUT2D eigenvalue weighted by Crippen LogP contribution is 2.34. The fourth-order valence-corrected chi connectivity index (χ4v) is 3.35. The minimum absolute atomic E-state index is 0.0750. The van der Waals surface area contributed by atoms with Crippen LogP contribution in [0.3, 0.4) is 0 Å². The summed E-state index contributed by atoms with van der Waals surface area (Å²) in [5, 5.41) is 13.1. The second kappa shape index (κ2) is 8.18. The highest BCUT2D eigenvalue weighted by molar-refractivity contribution is 8.18. The number of carbonyl (C=O) groups excluding carboxylic acids is 1. The molecule has 0 aromatic heterocycles. The molecule has 27 heavy (non-hydrogen) atoms. The first kappa shape index (κ1) is 18.8. The van der Waals surface area contributed by atoms with Crippen molar-refractivity contribution in [1.82, 2.24) is 5.32 Å². The Balaban J connectivity index is 1.84. The number of aromatic hydroxyl groups is 1. The summed E-state index contributed by atoms with van der Waals surface area (Å²) in [4.78, 5) is 17.1. The summed E-state index contributed by atoms with van der Waals surface area (Å²) in [5.74, 6) is 1.10. The fraction of sp³-hybridized carbons (Fsp3) is 0.200. The number of nitrogens with zero attached hydrogens (tertiary/aromatic N) is 1. The van der Waals surface area contributed by atoms with Gasteiger partial charge in [-0.3, -0.25) is 4.79 Å². The molecule has 0 bridgehead atoms. The summed E-state index contributed by atoms with van der Waals surface area (Å²) >= 11 is 1.22.